The summed E-state index contributed by atoms with van der Waals surface area (Å²) in [5.74, 6) is -1.25. The molecule has 6 heteroatoms. The van der Waals surface area contributed by atoms with E-state index >= 15 is 0 Å². The molecule has 0 saturated heterocycles. The van der Waals surface area contributed by atoms with Crippen LogP contribution in [0.15, 0.2) is 42.5 Å². The molecule has 0 unspecified atom stereocenters. The van der Waals surface area contributed by atoms with E-state index in [9.17, 15) is 14.4 Å². The van der Waals surface area contributed by atoms with Gasteiger partial charge < -0.3 is 9.47 Å². The van der Waals surface area contributed by atoms with Crippen molar-refractivity contribution in [1.29, 1.82) is 0 Å². The Kier molecular flexibility index (Phi) is 6.03. The zero-order valence-electron chi connectivity index (χ0n) is 13.3. The van der Waals surface area contributed by atoms with Crippen LogP contribution >= 0.6 is 11.3 Å². The summed E-state index contributed by atoms with van der Waals surface area (Å²) in [6, 6.07) is 10.1. The zero-order chi connectivity index (χ0) is 17.5. The van der Waals surface area contributed by atoms with E-state index in [4.69, 9.17) is 4.74 Å². The fourth-order valence-electron chi connectivity index (χ4n) is 1.85. The normalized spacial score (nSPS) is 10.6. The molecule has 0 fully saturated rings. The van der Waals surface area contributed by atoms with Gasteiger partial charge in [0.15, 0.2) is 6.61 Å². The Labute approximate surface area is 143 Å². The average Bonchev–Trinajstić information content (AvgIpc) is 3.04. The third kappa shape index (κ3) is 4.89. The van der Waals surface area contributed by atoms with Crippen molar-refractivity contribution in [2.24, 2.45) is 0 Å². The van der Waals surface area contributed by atoms with Gasteiger partial charge in [0.25, 0.3) is 0 Å². The van der Waals surface area contributed by atoms with Crippen molar-refractivity contribution < 1.29 is 23.9 Å². The summed E-state index contributed by atoms with van der Waals surface area (Å²) in [5.41, 5.74) is 1.15. The van der Waals surface area contributed by atoms with Crippen LogP contribution in [0.4, 0.5) is 0 Å². The van der Waals surface area contributed by atoms with Gasteiger partial charge in [0, 0.05) is 11.0 Å². The first kappa shape index (κ1) is 17.6. The molecule has 2 rings (SSSR count). The quantitative estimate of drug-likeness (QED) is 0.457. The molecule has 1 heterocycles. The second-order valence-electron chi connectivity index (χ2n) is 4.89. The first-order valence-corrected chi connectivity index (χ1v) is 7.94. The average molecular weight is 344 g/mol. The SMILES string of the molecule is COC(=O)c1ccc(/C=C/C(=O)OCC(=O)c2ccc(C)s2)cc1. The number of aryl methyl sites for hydroxylation is 1. The smallest absolute Gasteiger partial charge is 0.337 e. The molecule has 124 valence electrons. The van der Waals surface area contributed by atoms with E-state index < -0.39 is 11.9 Å². The minimum absolute atomic E-state index is 0.225. The molecule has 2 aromatic rings. The van der Waals surface area contributed by atoms with Crippen LogP contribution in [-0.2, 0) is 14.3 Å². The molecule has 1 aromatic carbocycles. The fourth-order valence-corrected chi connectivity index (χ4v) is 2.64. The third-order valence-electron chi connectivity index (χ3n) is 3.10. The Morgan fingerprint density at radius 2 is 1.79 bits per heavy atom. The summed E-state index contributed by atoms with van der Waals surface area (Å²) >= 11 is 1.37. The van der Waals surface area contributed by atoms with Crippen molar-refractivity contribution in [3.63, 3.8) is 0 Å². The molecule has 0 radical (unpaired) electrons. The molecule has 0 saturated carbocycles. The maximum absolute atomic E-state index is 11.8. The molecule has 1 aromatic heterocycles. The first-order valence-electron chi connectivity index (χ1n) is 7.12. The lowest BCUT2D eigenvalue weighted by molar-refractivity contribution is -0.136. The number of hydrogen-bond donors (Lipinski definition) is 0. The van der Waals surface area contributed by atoms with Gasteiger partial charge in [-0.1, -0.05) is 12.1 Å². The number of thiophene rings is 1. The highest BCUT2D eigenvalue weighted by atomic mass is 32.1. The van der Waals surface area contributed by atoms with Gasteiger partial charge in [-0.25, -0.2) is 9.59 Å². The monoisotopic (exact) mass is 344 g/mol. The van der Waals surface area contributed by atoms with Crippen molar-refractivity contribution in [2.45, 2.75) is 6.92 Å². The van der Waals surface area contributed by atoms with E-state index in [1.807, 2.05) is 13.0 Å². The molecule has 0 aliphatic carbocycles. The van der Waals surface area contributed by atoms with Gasteiger partial charge in [-0.2, -0.15) is 0 Å². The molecule has 24 heavy (non-hydrogen) atoms. The molecule has 0 atom stereocenters. The van der Waals surface area contributed by atoms with Crippen LogP contribution in [0.2, 0.25) is 0 Å². The number of carbonyl (C=O) groups excluding carboxylic acids is 3. The number of esters is 2. The number of methoxy groups -OCH3 is 1. The molecule has 0 aliphatic rings. The molecular weight excluding hydrogens is 328 g/mol. The lowest BCUT2D eigenvalue weighted by atomic mass is 10.1. The standard InChI is InChI=1S/C18H16O5S/c1-12-3-9-16(24-12)15(19)11-23-17(20)10-6-13-4-7-14(8-5-13)18(21)22-2/h3-10H,11H2,1-2H3/b10-6+. The number of hydrogen-bond acceptors (Lipinski definition) is 6. The Hall–Kier alpha value is -2.73. The Bertz CT molecular complexity index is 771. The second kappa shape index (κ2) is 8.21. The van der Waals surface area contributed by atoms with Crippen LogP contribution in [0, 0.1) is 6.92 Å². The molecule has 0 amide bonds. The van der Waals surface area contributed by atoms with E-state index in [2.05, 4.69) is 4.74 Å². The highest BCUT2D eigenvalue weighted by Crippen LogP contribution is 2.15. The Balaban J connectivity index is 1.86. The van der Waals surface area contributed by atoms with E-state index in [1.165, 1.54) is 24.5 Å². The third-order valence-corrected chi connectivity index (χ3v) is 4.15. The lowest BCUT2D eigenvalue weighted by Crippen LogP contribution is -2.11. The number of ketones is 1. The summed E-state index contributed by atoms with van der Waals surface area (Å²) in [6.07, 6.45) is 2.78. The van der Waals surface area contributed by atoms with Crippen LogP contribution in [0.5, 0.6) is 0 Å². The highest BCUT2D eigenvalue weighted by molar-refractivity contribution is 7.14. The van der Waals surface area contributed by atoms with Crippen molar-refractivity contribution in [3.8, 4) is 0 Å². The molecule has 0 aliphatic heterocycles. The van der Waals surface area contributed by atoms with Crippen LogP contribution < -0.4 is 0 Å². The van der Waals surface area contributed by atoms with Gasteiger partial charge in [0.05, 0.1) is 17.6 Å². The minimum atomic E-state index is -0.603. The van der Waals surface area contributed by atoms with Gasteiger partial charge in [0.1, 0.15) is 0 Å². The second-order valence-corrected chi connectivity index (χ2v) is 6.18. The molecular formula is C18H16O5S. The summed E-state index contributed by atoms with van der Waals surface area (Å²) in [4.78, 5) is 36.4. The predicted octanol–water partition coefficient (Wildman–Crippen LogP) is 3.28. The molecule has 0 spiro atoms. The van der Waals surface area contributed by atoms with Gasteiger partial charge in [-0.05, 0) is 42.8 Å². The van der Waals surface area contributed by atoms with Gasteiger partial charge >= 0.3 is 11.9 Å². The highest BCUT2D eigenvalue weighted by Gasteiger charge is 2.10. The molecule has 0 bridgehead atoms. The molecule has 5 nitrogen and oxygen atoms in total. The predicted molar refractivity (Wildman–Crippen MR) is 91.2 cm³/mol. The summed E-state index contributed by atoms with van der Waals surface area (Å²) in [5, 5.41) is 0. The maximum atomic E-state index is 11.8. The van der Waals surface area contributed by atoms with Crippen LogP contribution in [-0.4, -0.2) is 31.4 Å². The van der Waals surface area contributed by atoms with Crippen molar-refractivity contribution >= 4 is 35.1 Å². The van der Waals surface area contributed by atoms with Gasteiger partial charge in [0.2, 0.25) is 5.78 Å². The van der Waals surface area contributed by atoms with Crippen LogP contribution in [0.1, 0.15) is 30.5 Å². The van der Waals surface area contributed by atoms with E-state index in [-0.39, 0.29) is 12.4 Å². The van der Waals surface area contributed by atoms with Gasteiger partial charge in [-0.15, -0.1) is 11.3 Å². The van der Waals surface area contributed by atoms with Crippen LogP contribution in [0.3, 0.4) is 0 Å². The lowest BCUT2D eigenvalue weighted by Gasteiger charge is -2.00. The summed E-state index contributed by atoms with van der Waals surface area (Å²) in [6.45, 7) is 1.62. The number of carbonyl (C=O) groups is 3. The summed E-state index contributed by atoms with van der Waals surface area (Å²) in [7, 11) is 1.31. The van der Waals surface area contributed by atoms with E-state index in [0.29, 0.717) is 10.4 Å². The van der Waals surface area contributed by atoms with Crippen LogP contribution in [0.25, 0.3) is 6.08 Å². The topological polar surface area (TPSA) is 69.7 Å². The number of benzene rings is 1. The largest absolute Gasteiger partial charge is 0.465 e. The van der Waals surface area contributed by atoms with E-state index in [0.717, 1.165) is 10.4 Å². The number of ether oxygens (including phenoxy) is 2. The maximum Gasteiger partial charge on any atom is 0.337 e. The Morgan fingerprint density at radius 3 is 2.38 bits per heavy atom. The number of Topliss-reactive ketones (excluding diaryl/α,β-unsaturated/α-hetero) is 1. The minimum Gasteiger partial charge on any atom is -0.465 e. The molecule has 0 N–H and O–H groups in total. The van der Waals surface area contributed by atoms with Crippen molar-refractivity contribution in [3.05, 3.63) is 63.4 Å². The summed E-state index contributed by atoms with van der Waals surface area (Å²) < 4.78 is 9.53. The van der Waals surface area contributed by atoms with E-state index in [1.54, 1.807) is 36.4 Å². The Morgan fingerprint density at radius 1 is 1.08 bits per heavy atom. The van der Waals surface area contributed by atoms with Crippen molar-refractivity contribution in [2.75, 3.05) is 13.7 Å². The first-order chi connectivity index (χ1) is 11.5. The number of rotatable bonds is 6. The van der Waals surface area contributed by atoms with Gasteiger partial charge in [-0.3, -0.25) is 4.79 Å². The zero-order valence-corrected chi connectivity index (χ0v) is 14.1. The fraction of sp³-hybridized carbons (Fsp3) is 0.167. The van der Waals surface area contributed by atoms with Crippen molar-refractivity contribution in [1.82, 2.24) is 0 Å².